The van der Waals surface area contributed by atoms with Crippen LogP contribution in [0, 0.1) is 6.92 Å². The Hall–Kier alpha value is -2.08. The van der Waals surface area contributed by atoms with Crippen molar-refractivity contribution in [2.75, 3.05) is 33.4 Å². The molecule has 2 rings (SSSR count). The first-order chi connectivity index (χ1) is 12.2. The largest absolute Gasteiger partial charge is 0.493 e. The fraction of sp³-hybridized carbons (Fsp3) is 0.400. The fourth-order valence-corrected chi connectivity index (χ4v) is 2.59. The first-order valence-electron chi connectivity index (χ1n) is 8.61. The molecule has 3 N–H and O–H groups in total. The minimum atomic E-state index is 0.160. The molecule has 0 aromatic heterocycles. The van der Waals surface area contributed by atoms with E-state index in [2.05, 4.69) is 35.8 Å². The molecule has 2 aromatic rings. The van der Waals surface area contributed by atoms with Crippen LogP contribution < -0.4 is 20.1 Å². The smallest absolute Gasteiger partial charge is 0.166 e. The highest BCUT2D eigenvalue weighted by Crippen LogP contribution is 2.31. The average Bonchev–Trinajstić information content (AvgIpc) is 2.63. The molecule has 136 valence electrons. The van der Waals surface area contributed by atoms with Crippen LogP contribution in [0.5, 0.6) is 11.5 Å². The van der Waals surface area contributed by atoms with Gasteiger partial charge in [-0.15, -0.1) is 0 Å². The number of hydrogen-bond acceptors (Lipinski definition) is 5. The zero-order chi connectivity index (χ0) is 17.9. The number of nitrogens with one attached hydrogen (secondary N) is 2. The molecule has 2 aromatic carbocycles. The Morgan fingerprint density at radius 2 is 1.80 bits per heavy atom. The Morgan fingerprint density at radius 3 is 2.56 bits per heavy atom. The molecule has 0 fully saturated rings. The van der Waals surface area contributed by atoms with Gasteiger partial charge in [-0.3, -0.25) is 0 Å². The summed E-state index contributed by atoms with van der Waals surface area (Å²) in [7, 11) is 1.66. The zero-order valence-corrected chi connectivity index (χ0v) is 15.0. The van der Waals surface area contributed by atoms with Gasteiger partial charge in [0, 0.05) is 31.7 Å². The van der Waals surface area contributed by atoms with Crippen LogP contribution >= 0.6 is 0 Å². The maximum atomic E-state index is 8.75. The number of aryl methyl sites for hydroxylation is 1. The first-order valence-corrected chi connectivity index (χ1v) is 8.61. The number of aliphatic hydroxyl groups excluding tert-OH is 1. The third-order valence-electron chi connectivity index (χ3n) is 3.83. The van der Waals surface area contributed by atoms with Crippen molar-refractivity contribution in [1.82, 2.24) is 10.6 Å². The molecule has 5 heteroatoms. The van der Waals surface area contributed by atoms with Gasteiger partial charge in [-0.1, -0.05) is 42.0 Å². The zero-order valence-electron chi connectivity index (χ0n) is 15.0. The van der Waals surface area contributed by atoms with Gasteiger partial charge in [0.25, 0.3) is 0 Å². The Bertz CT molecular complexity index is 647. The molecule has 0 aliphatic heterocycles. The summed E-state index contributed by atoms with van der Waals surface area (Å²) in [5.74, 6) is 1.52. The molecule has 0 saturated heterocycles. The highest BCUT2D eigenvalue weighted by Gasteiger charge is 2.10. The molecule has 0 heterocycles. The predicted octanol–water partition coefficient (Wildman–Crippen LogP) is 2.25. The van der Waals surface area contributed by atoms with E-state index < -0.39 is 0 Å². The lowest BCUT2D eigenvalue weighted by molar-refractivity contribution is 0.280. The summed E-state index contributed by atoms with van der Waals surface area (Å²) in [5, 5.41) is 15.3. The van der Waals surface area contributed by atoms with Gasteiger partial charge in [0.2, 0.25) is 0 Å². The van der Waals surface area contributed by atoms with E-state index in [-0.39, 0.29) is 6.61 Å². The second-order valence-corrected chi connectivity index (χ2v) is 5.88. The van der Waals surface area contributed by atoms with E-state index >= 15 is 0 Å². The molecular formula is C20H28N2O3. The Kier molecular flexibility index (Phi) is 8.25. The molecule has 0 aliphatic rings. The Labute approximate surface area is 150 Å². The minimum absolute atomic E-state index is 0.160. The van der Waals surface area contributed by atoms with E-state index in [1.807, 2.05) is 24.3 Å². The van der Waals surface area contributed by atoms with Crippen molar-refractivity contribution in [2.24, 2.45) is 0 Å². The van der Waals surface area contributed by atoms with E-state index in [1.165, 1.54) is 5.56 Å². The van der Waals surface area contributed by atoms with E-state index in [1.54, 1.807) is 7.11 Å². The Balaban J connectivity index is 1.97. The van der Waals surface area contributed by atoms with E-state index in [4.69, 9.17) is 14.6 Å². The number of para-hydroxylation sites is 1. The maximum Gasteiger partial charge on any atom is 0.166 e. The summed E-state index contributed by atoms with van der Waals surface area (Å²) >= 11 is 0. The monoisotopic (exact) mass is 344 g/mol. The number of methoxy groups -OCH3 is 1. The SMILES string of the molecule is COc1cccc(CNCCNCCO)c1OCc1cccc(C)c1. The van der Waals surface area contributed by atoms with Crippen LogP contribution in [0.4, 0.5) is 0 Å². The van der Waals surface area contributed by atoms with Crippen molar-refractivity contribution < 1.29 is 14.6 Å². The lowest BCUT2D eigenvalue weighted by Gasteiger charge is -2.16. The highest BCUT2D eigenvalue weighted by atomic mass is 16.5. The molecule has 0 spiro atoms. The molecule has 0 amide bonds. The van der Waals surface area contributed by atoms with Crippen molar-refractivity contribution in [2.45, 2.75) is 20.1 Å². The molecule has 0 aliphatic carbocycles. The standard InChI is InChI=1S/C20H28N2O3/c1-16-5-3-6-17(13-16)15-25-20-18(7-4-8-19(20)24-2)14-22-10-9-21-11-12-23/h3-8,13,21-23H,9-12,14-15H2,1-2H3. The van der Waals surface area contributed by atoms with Crippen LogP contribution in [0.1, 0.15) is 16.7 Å². The van der Waals surface area contributed by atoms with Crippen molar-refractivity contribution in [1.29, 1.82) is 0 Å². The van der Waals surface area contributed by atoms with Gasteiger partial charge in [-0.25, -0.2) is 0 Å². The first kappa shape index (κ1) is 19.2. The third kappa shape index (κ3) is 6.38. The molecule has 0 atom stereocenters. The molecule has 25 heavy (non-hydrogen) atoms. The van der Waals surface area contributed by atoms with Gasteiger partial charge in [-0.05, 0) is 18.6 Å². The van der Waals surface area contributed by atoms with Crippen LogP contribution in [0.2, 0.25) is 0 Å². The number of hydrogen-bond donors (Lipinski definition) is 3. The average molecular weight is 344 g/mol. The second-order valence-electron chi connectivity index (χ2n) is 5.88. The summed E-state index contributed by atoms with van der Waals surface area (Å²) in [6.45, 7) is 5.68. The van der Waals surface area contributed by atoms with Gasteiger partial charge in [0.1, 0.15) is 6.61 Å². The number of aliphatic hydroxyl groups is 1. The van der Waals surface area contributed by atoms with Crippen molar-refractivity contribution >= 4 is 0 Å². The van der Waals surface area contributed by atoms with Crippen LogP contribution in [0.15, 0.2) is 42.5 Å². The van der Waals surface area contributed by atoms with Crippen molar-refractivity contribution in [3.8, 4) is 11.5 Å². The van der Waals surface area contributed by atoms with Gasteiger partial charge >= 0.3 is 0 Å². The molecule has 0 radical (unpaired) electrons. The van der Waals surface area contributed by atoms with Gasteiger partial charge in [0.15, 0.2) is 11.5 Å². The van der Waals surface area contributed by atoms with E-state index in [0.717, 1.165) is 35.7 Å². The summed E-state index contributed by atoms with van der Waals surface area (Å²) in [4.78, 5) is 0. The van der Waals surface area contributed by atoms with Crippen LogP contribution in [0.3, 0.4) is 0 Å². The number of rotatable bonds is 11. The quantitative estimate of drug-likeness (QED) is 0.546. The van der Waals surface area contributed by atoms with Crippen LogP contribution in [-0.2, 0) is 13.2 Å². The molecule has 0 unspecified atom stereocenters. The molecular weight excluding hydrogens is 316 g/mol. The van der Waals surface area contributed by atoms with Crippen LogP contribution in [-0.4, -0.2) is 38.5 Å². The predicted molar refractivity (Wildman–Crippen MR) is 100 cm³/mol. The van der Waals surface area contributed by atoms with E-state index in [0.29, 0.717) is 19.7 Å². The van der Waals surface area contributed by atoms with E-state index in [9.17, 15) is 0 Å². The summed E-state index contributed by atoms with van der Waals surface area (Å²) < 4.78 is 11.5. The molecule has 0 bridgehead atoms. The maximum absolute atomic E-state index is 8.75. The Morgan fingerprint density at radius 1 is 1.00 bits per heavy atom. The summed E-state index contributed by atoms with van der Waals surface area (Å²) in [5.41, 5.74) is 3.42. The lowest BCUT2D eigenvalue weighted by atomic mass is 10.1. The van der Waals surface area contributed by atoms with Crippen molar-refractivity contribution in [3.63, 3.8) is 0 Å². The van der Waals surface area contributed by atoms with Crippen LogP contribution in [0.25, 0.3) is 0 Å². The topological polar surface area (TPSA) is 62.8 Å². The highest BCUT2D eigenvalue weighted by molar-refractivity contribution is 5.46. The van der Waals surface area contributed by atoms with Gasteiger partial charge in [0.05, 0.1) is 13.7 Å². The second kappa shape index (κ2) is 10.7. The number of ether oxygens (including phenoxy) is 2. The normalized spacial score (nSPS) is 10.7. The van der Waals surface area contributed by atoms with Gasteiger partial charge < -0.3 is 25.2 Å². The number of benzene rings is 2. The fourth-order valence-electron chi connectivity index (χ4n) is 2.59. The van der Waals surface area contributed by atoms with Gasteiger partial charge in [-0.2, -0.15) is 0 Å². The molecule has 5 nitrogen and oxygen atoms in total. The summed E-state index contributed by atoms with van der Waals surface area (Å²) in [6.07, 6.45) is 0. The summed E-state index contributed by atoms with van der Waals surface area (Å²) in [6, 6.07) is 14.2. The lowest BCUT2D eigenvalue weighted by Crippen LogP contribution is -2.28. The van der Waals surface area contributed by atoms with Crippen molar-refractivity contribution in [3.05, 3.63) is 59.2 Å². The minimum Gasteiger partial charge on any atom is -0.493 e. The third-order valence-corrected chi connectivity index (χ3v) is 3.83. The molecule has 0 saturated carbocycles.